The Hall–Kier alpha value is -5.59. The van der Waals surface area contributed by atoms with Gasteiger partial charge in [-0.15, -0.1) is 0 Å². The van der Waals surface area contributed by atoms with Gasteiger partial charge in [0.2, 0.25) is 0 Å². The molecule has 5 atom stereocenters. The van der Waals surface area contributed by atoms with Gasteiger partial charge in [0.1, 0.15) is 37.2 Å². The highest BCUT2D eigenvalue weighted by molar-refractivity contribution is 5.68. The Morgan fingerprint density at radius 2 is 0.867 bits per heavy atom. The van der Waals surface area contributed by atoms with Crippen molar-refractivity contribution in [1.82, 2.24) is 0 Å². The minimum absolute atomic E-state index is 0.0335. The first kappa shape index (κ1) is 42.5. The quantitative estimate of drug-likeness (QED) is 0.0529. The van der Waals surface area contributed by atoms with Crippen LogP contribution in [0.2, 0.25) is 0 Å². The van der Waals surface area contributed by atoms with Gasteiger partial charge in [-0.25, -0.2) is 0 Å². The lowest BCUT2D eigenvalue weighted by molar-refractivity contribution is -0.425. The molecule has 1 fully saturated rings. The first-order chi connectivity index (χ1) is 29.5. The zero-order valence-corrected chi connectivity index (χ0v) is 33.2. The Kier molecular flexibility index (Phi) is 15.3. The molecule has 0 N–H and O–H groups in total. The molecule has 0 spiro atoms. The number of hydrogen-bond donors (Lipinski definition) is 0. The summed E-state index contributed by atoms with van der Waals surface area (Å²) in [5.74, 6) is -6.85. The molecule has 60 heavy (non-hydrogen) atoms. The van der Waals surface area contributed by atoms with E-state index < -0.39 is 36.1 Å². The monoisotopic (exact) mass is 813 g/mol. The van der Waals surface area contributed by atoms with Gasteiger partial charge in [0.05, 0.1) is 39.6 Å². The molecule has 0 radical (unpaired) electrons. The third kappa shape index (κ3) is 11.6. The maximum atomic E-state index is 17.7. The molecule has 7 rings (SSSR count). The summed E-state index contributed by atoms with van der Waals surface area (Å²) in [5.41, 5.74) is 4.73. The third-order valence-electron chi connectivity index (χ3n) is 10.1. The molecule has 1 heterocycles. The molecular weight excluding hydrogens is 765 g/mol. The van der Waals surface area contributed by atoms with E-state index in [4.69, 9.17) is 33.3 Å². The van der Waals surface area contributed by atoms with Crippen molar-refractivity contribution in [3.8, 4) is 0 Å². The number of ether oxygens (including phenoxy) is 6. The zero-order chi connectivity index (χ0) is 41.3. The molecule has 8 nitrogen and oxygen atoms in total. The van der Waals surface area contributed by atoms with Crippen molar-refractivity contribution in [2.75, 3.05) is 6.61 Å². The first-order valence-corrected chi connectivity index (χ1v) is 20.0. The average Bonchev–Trinajstić information content (AvgIpc) is 3.30. The van der Waals surface area contributed by atoms with E-state index in [2.05, 4.69) is 5.16 Å². The number of rotatable bonds is 21. The van der Waals surface area contributed by atoms with Crippen molar-refractivity contribution in [3.63, 3.8) is 0 Å². The number of nitrogens with zero attached hydrogens (tertiary/aromatic N) is 1. The number of alkyl halides is 2. The van der Waals surface area contributed by atoms with E-state index in [1.54, 1.807) is 12.1 Å². The molecular formula is C50H49F2NO7. The lowest BCUT2D eigenvalue weighted by atomic mass is 9.87. The largest absolute Gasteiger partial charge is 0.391 e. The molecule has 0 bridgehead atoms. The SMILES string of the molecule is FC(F)(/C=N/OCc1ccccc1)[C@]1(OCc2ccccc2)O[C@H](COCc2ccccc2)[C@H](OCc2ccccc2)[C@H](OCc2ccccc2)[C@H]1OCc1ccccc1. The van der Waals surface area contributed by atoms with E-state index in [0.717, 1.165) is 27.8 Å². The molecule has 310 valence electrons. The van der Waals surface area contributed by atoms with Gasteiger partial charge in [-0.05, 0) is 33.4 Å². The lowest BCUT2D eigenvalue weighted by Gasteiger charge is -2.53. The first-order valence-electron chi connectivity index (χ1n) is 20.0. The van der Waals surface area contributed by atoms with Gasteiger partial charge in [0, 0.05) is 0 Å². The van der Waals surface area contributed by atoms with Crippen LogP contribution in [0.15, 0.2) is 187 Å². The molecule has 10 heteroatoms. The average molecular weight is 814 g/mol. The van der Waals surface area contributed by atoms with E-state index in [-0.39, 0.29) is 46.2 Å². The lowest BCUT2D eigenvalue weighted by Crippen LogP contribution is -2.74. The molecule has 0 aromatic heterocycles. The third-order valence-corrected chi connectivity index (χ3v) is 10.1. The summed E-state index contributed by atoms with van der Waals surface area (Å²) in [6.07, 6.45) is -4.51. The number of benzene rings is 6. The number of halogens is 2. The van der Waals surface area contributed by atoms with Crippen molar-refractivity contribution in [1.29, 1.82) is 0 Å². The van der Waals surface area contributed by atoms with Crippen LogP contribution < -0.4 is 0 Å². The predicted octanol–water partition coefficient (Wildman–Crippen LogP) is 10.1. The summed E-state index contributed by atoms with van der Waals surface area (Å²) in [5, 5.41) is 3.81. The molecule has 0 aliphatic carbocycles. The molecule has 6 aromatic rings. The minimum atomic E-state index is -3.99. The van der Waals surface area contributed by atoms with E-state index in [0.29, 0.717) is 11.8 Å². The Balaban J connectivity index is 1.32. The minimum Gasteiger partial charge on any atom is -0.391 e. The van der Waals surface area contributed by atoms with Crippen LogP contribution in [0.25, 0.3) is 0 Å². The molecule has 0 unspecified atom stereocenters. The highest BCUT2D eigenvalue weighted by Crippen LogP contribution is 2.46. The van der Waals surface area contributed by atoms with Gasteiger partial charge in [-0.2, -0.15) is 8.78 Å². The fraction of sp³-hybridized carbons (Fsp3) is 0.260. The Morgan fingerprint density at radius 1 is 0.483 bits per heavy atom. The van der Waals surface area contributed by atoms with Gasteiger partial charge < -0.3 is 33.3 Å². The smallest absolute Gasteiger partial charge is 0.341 e. The van der Waals surface area contributed by atoms with E-state index in [1.807, 2.05) is 170 Å². The summed E-state index contributed by atoms with van der Waals surface area (Å²) in [4.78, 5) is 5.46. The van der Waals surface area contributed by atoms with Gasteiger partial charge in [-0.3, -0.25) is 0 Å². The van der Waals surface area contributed by atoms with Crippen LogP contribution in [0.5, 0.6) is 0 Å². The highest BCUT2D eigenvalue weighted by Gasteiger charge is 2.69. The highest BCUT2D eigenvalue weighted by atomic mass is 19.3. The second-order valence-electron chi connectivity index (χ2n) is 14.5. The number of oxime groups is 1. The van der Waals surface area contributed by atoms with E-state index >= 15 is 8.78 Å². The fourth-order valence-electron chi connectivity index (χ4n) is 6.96. The summed E-state index contributed by atoms with van der Waals surface area (Å²) in [7, 11) is 0. The van der Waals surface area contributed by atoms with Crippen molar-refractivity contribution in [2.24, 2.45) is 5.16 Å². The van der Waals surface area contributed by atoms with Gasteiger partial charge in [0.25, 0.3) is 5.79 Å². The Labute approximate surface area is 350 Å². The van der Waals surface area contributed by atoms with E-state index in [1.165, 1.54) is 0 Å². The predicted molar refractivity (Wildman–Crippen MR) is 225 cm³/mol. The van der Waals surface area contributed by atoms with Crippen LogP contribution in [-0.2, 0) is 72.9 Å². The normalized spacial score (nSPS) is 20.6. The molecule has 1 aliphatic heterocycles. The maximum absolute atomic E-state index is 17.7. The summed E-state index contributed by atoms with van der Waals surface area (Å²) in [6.45, 7) is -0.155. The van der Waals surface area contributed by atoms with Crippen LogP contribution in [-0.4, -0.2) is 48.9 Å². The van der Waals surface area contributed by atoms with Crippen LogP contribution in [0, 0.1) is 0 Å². The van der Waals surface area contributed by atoms with Crippen molar-refractivity contribution in [3.05, 3.63) is 215 Å². The Bertz CT molecular complexity index is 2140. The van der Waals surface area contributed by atoms with Gasteiger partial charge in [0.15, 0.2) is 0 Å². The summed E-state index contributed by atoms with van der Waals surface area (Å²) in [6, 6.07) is 56.2. The molecule has 0 saturated carbocycles. The zero-order valence-electron chi connectivity index (χ0n) is 33.2. The summed E-state index contributed by atoms with van der Waals surface area (Å²) < 4.78 is 75.1. The van der Waals surface area contributed by atoms with E-state index in [9.17, 15) is 0 Å². The second-order valence-corrected chi connectivity index (χ2v) is 14.5. The molecule has 6 aromatic carbocycles. The van der Waals surface area contributed by atoms with Gasteiger partial charge >= 0.3 is 5.92 Å². The fourth-order valence-corrected chi connectivity index (χ4v) is 6.96. The van der Waals surface area contributed by atoms with Crippen LogP contribution in [0.4, 0.5) is 8.78 Å². The van der Waals surface area contributed by atoms with Gasteiger partial charge in [-0.1, -0.05) is 187 Å². The topological polar surface area (TPSA) is 77.0 Å². The molecule has 0 amide bonds. The second kappa shape index (κ2) is 21.6. The number of hydrogen-bond acceptors (Lipinski definition) is 8. The van der Waals surface area contributed by atoms with Crippen molar-refractivity contribution in [2.45, 2.75) is 75.8 Å². The van der Waals surface area contributed by atoms with Crippen LogP contribution in [0.3, 0.4) is 0 Å². The summed E-state index contributed by atoms with van der Waals surface area (Å²) >= 11 is 0. The van der Waals surface area contributed by atoms with Crippen molar-refractivity contribution < 1.29 is 42.0 Å². The standard InChI is InChI=1S/C50H49F2NO7/c51-49(52,38-53-59-36-44-29-17-6-18-30-44)50(58-35-43-27-15-5-16-28-43)48(57-34-42-25-13-4-14-26-42)47(56-33-41-23-11-3-12-24-41)46(55-32-40-21-9-2-10-22-40)45(60-50)37-54-31-39-19-7-1-8-20-39/h1-30,38,45-48H,31-37H2/b53-38+/t45-,46+,47+,48-,50-/m1/s1. The molecule has 1 aliphatic rings. The molecule has 1 saturated heterocycles. The maximum Gasteiger partial charge on any atom is 0.341 e. The Morgan fingerprint density at radius 3 is 1.33 bits per heavy atom. The van der Waals surface area contributed by atoms with Crippen LogP contribution in [0.1, 0.15) is 33.4 Å². The van der Waals surface area contributed by atoms with Crippen LogP contribution >= 0.6 is 0 Å². The van der Waals surface area contributed by atoms with Crippen molar-refractivity contribution >= 4 is 6.21 Å².